The van der Waals surface area contributed by atoms with Crippen molar-refractivity contribution < 1.29 is 15.0 Å². The van der Waals surface area contributed by atoms with Crippen LogP contribution in [0.2, 0.25) is 0 Å². The van der Waals surface area contributed by atoms with E-state index in [1.807, 2.05) is 6.92 Å². The molecular weight excluding hydrogens is 132 g/mol. The summed E-state index contributed by atoms with van der Waals surface area (Å²) in [7, 11) is 0. The maximum Gasteiger partial charge on any atom is 0.303 e. The third-order valence-corrected chi connectivity index (χ3v) is 1.31. The van der Waals surface area contributed by atoms with E-state index in [4.69, 9.17) is 10.2 Å². The lowest BCUT2D eigenvalue weighted by Crippen LogP contribution is -2.08. The lowest BCUT2D eigenvalue weighted by Gasteiger charge is -2.05. The van der Waals surface area contributed by atoms with Gasteiger partial charge in [0.1, 0.15) is 0 Å². The minimum absolute atomic E-state index is 0.0706. The number of hydrogen-bond acceptors (Lipinski definition) is 2. The molecule has 2 N–H and O–H groups in total. The van der Waals surface area contributed by atoms with Gasteiger partial charge in [0.25, 0.3) is 0 Å². The summed E-state index contributed by atoms with van der Waals surface area (Å²) in [5.41, 5.74) is 0. The fourth-order valence-electron chi connectivity index (χ4n) is 0.768. The van der Waals surface area contributed by atoms with Crippen molar-refractivity contribution in [3.63, 3.8) is 0 Å². The van der Waals surface area contributed by atoms with Crippen molar-refractivity contribution in [3.05, 3.63) is 0 Å². The Morgan fingerprint density at radius 3 is 2.50 bits per heavy atom. The van der Waals surface area contributed by atoms with Crippen molar-refractivity contribution in [3.8, 4) is 0 Å². The van der Waals surface area contributed by atoms with Gasteiger partial charge in [0.15, 0.2) is 0 Å². The number of hydrogen-bond donors (Lipinski definition) is 2. The third-order valence-electron chi connectivity index (χ3n) is 1.31. The molecule has 0 fully saturated rings. The van der Waals surface area contributed by atoms with E-state index in [-0.39, 0.29) is 6.42 Å². The zero-order chi connectivity index (χ0) is 7.98. The van der Waals surface area contributed by atoms with Crippen molar-refractivity contribution >= 4 is 5.97 Å². The summed E-state index contributed by atoms with van der Waals surface area (Å²) >= 11 is 0. The molecule has 1 atom stereocenters. The highest BCUT2D eigenvalue weighted by Gasteiger charge is 2.04. The lowest BCUT2D eigenvalue weighted by atomic mass is 10.1. The molecule has 0 unspecified atom stereocenters. The first-order valence-corrected chi connectivity index (χ1v) is 3.56. The van der Waals surface area contributed by atoms with Crippen LogP contribution in [0.5, 0.6) is 0 Å². The van der Waals surface area contributed by atoms with Gasteiger partial charge in [-0.15, -0.1) is 0 Å². The Kier molecular flexibility index (Phi) is 4.94. The van der Waals surface area contributed by atoms with Gasteiger partial charge in [0.05, 0.1) is 6.10 Å². The highest BCUT2D eigenvalue weighted by Crippen LogP contribution is 2.03. The number of carboxylic acid groups (broad SMARTS) is 1. The third kappa shape index (κ3) is 5.56. The van der Waals surface area contributed by atoms with Gasteiger partial charge in [-0.25, -0.2) is 0 Å². The molecule has 0 saturated heterocycles. The Bertz CT molecular complexity index is 101. The first kappa shape index (κ1) is 9.43. The summed E-state index contributed by atoms with van der Waals surface area (Å²) in [5, 5.41) is 17.3. The van der Waals surface area contributed by atoms with Gasteiger partial charge in [-0.2, -0.15) is 0 Å². The number of carbonyl (C=O) groups is 1. The van der Waals surface area contributed by atoms with Gasteiger partial charge < -0.3 is 10.2 Å². The molecular formula is C7H14O3. The second kappa shape index (κ2) is 5.23. The number of carboxylic acids is 1. The minimum Gasteiger partial charge on any atom is -0.481 e. The monoisotopic (exact) mass is 146 g/mol. The molecule has 0 heterocycles. The fourth-order valence-corrected chi connectivity index (χ4v) is 0.768. The second-order valence-corrected chi connectivity index (χ2v) is 2.37. The largest absolute Gasteiger partial charge is 0.481 e. The Labute approximate surface area is 60.7 Å². The fraction of sp³-hybridized carbons (Fsp3) is 0.857. The van der Waals surface area contributed by atoms with E-state index in [0.717, 1.165) is 6.42 Å². The maximum absolute atomic E-state index is 10.00. The van der Waals surface area contributed by atoms with Gasteiger partial charge in [0.2, 0.25) is 0 Å². The number of aliphatic carboxylic acids is 1. The van der Waals surface area contributed by atoms with Crippen molar-refractivity contribution in [2.45, 2.75) is 38.7 Å². The van der Waals surface area contributed by atoms with E-state index in [2.05, 4.69) is 0 Å². The standard InChI is InChI=1S/C7H14O3/c1-2-3-6(8)4-5-7(9)10/h6,8H,2-5H2,1H3,(H,9,10)/t6-/m1/s1. The molecule has 0 aromatic rings. The zero-order valence-corrected chi connectivity index (χ0v) is 6.21. The predicted molar refractivity (Wildman–Crippen MR) is 37.8 cm³/mol. The Morgan fingerprint density at radius 2 is 2.10 bits per heavy atom. The van der Waals surface area contributed by atoms with Gasteiger partial charge in [0, 0.05) is 6.42 Å². The highest BCUT2D eigenvalue weighted by atomic mass is 16.4. The first-order chi connectivity index (χ1) is 4.66. The summed E-state index contributed by atoms with van der Waals surface area (Å²) in [6, 6.07) is 0. The van der Waals surface area contributed by atoms with Crippen molar-refractivity contribution in [1.29, 1.82) is 0 Å². The molecule has 0 aliphatic carbocycles. The van der Waals surface area contributed by atoms with Gasteiger partial charge in [-0.05, 0) is 12.8 Å². The van der Waals surface area contributed by atoms with E-state index in [1.165, 1.54) is 0 Å². The van der Waals surface area contributed by atoms with Crippen molar-refractivity contribution in [2.24, 2.45) is 0 Å². The second-order valence-electron chi connectivity index (χ2n) is 2.37. The van der Waals surface area contributed by atoms with Gasteiger partial charge >= 0.3 is 5.97 Å². The molecule has 0 rings (SSSR count). The van der Waals surface area contributed by atoms with Crippen LogP contribution in [0.15, 0.2) is 0 Å². The van der Waals surface area contributed by atoms with E-state index >= 15 is 0 Å². The van der Waals surface area contributed by atoms with Crippen LogP contribution < -0.4 is 0 Å². The van der Waals surface area contributed by atoms with Crippen molar-refractivity contribution in [2.75, 3.05) is 0 Å². The molecule has 0 saturated carbocycles. The summed E-state index contributed by atoms with van der Waals surface area (Å²) in [6.07, 6.45) is 1.62. The molecule has 0 spiro atoms. The predicted octanol–water partition coefficient (Wildman–Crippen LogP) is 1.01. The van der Waals surface area contributed by atoms with E-state index in [1.54, 1.807) is 0 Å². The molecule has 3 nitrogen and oxygen atoms in total. The van der Waals surface area contributed by atoms with Gasteiger partial charge in [-0.1, -0.05) is 13.3 Å². The number of rotatable bonds is 5. The van der Waals surface area contributed by atoms with Crippen LogP contribution in [0.1, 0.15) is 32.6 Å². The SMILES string of the molecule is CCC[C@@H](O)CCC(=O)O. The first-order valence-electron chi connectivity index (χ1n) is 3.56. The van der Waals surface area contributed by atoms with Crippen LogP contribution in [0.3, 0.4) is 0 Å². The molecule has 3 heteroatoms. The van der Waals surface area contributed by atoms with Crippen LogP contribution in [0.25, 0.3) is 0 Å². The Morgan fingerprint density at radius 1 is 1.50 bits per heavy atom. The quantitative estimate of drug-likeness (QED) is 0.608. The highest BCUT2D eigenvalue weighted by molar-refractivity contribution is 5.66. The van der Waals surface area contributed by atoms with Gasteiger partial charge in [-0.3, -0.25) is 4.79 Å². The number of aliphatic hydroxyl groups excluding tert-OH is 1. The molecule has 0 aliphatic heterocycles. The molecule has 0 radical (unpaired) electrons. The van der Waals surface area contributed by atoms with Crippen LogP contribution in [-0.4, -0.2) is 22.3 Å². The Balaban J connectivity index is 3.21. The molecule has 60 valence electrons. The molecule has 0 aromatic heterocycles. The van der Waals surface area contributed by atoms with E-state index in [0.29, 0.717) is 12.8 Å². The molecule has 0 aliphatic rings. The summed E-state index contributed by atoms with van der Waals surface area (Å²) in [6.45, 7) is 1.96. The van der Waals surface area contributed by atoms with Crippen LogP contribution in [-0.2, 0) is 4.79 Å². The summed E-state index contributed by atoms with van der Waals surface area (Å²) < 4.78 is 0. The van der Waals surface area contributed by atoms with Crippen LogP contribution in [0, 0.1) is 0 Å². The average Bonchev–Trinajstić information content (AvgIpc) is 1.85. The van der Waals surface area contributed by atoms with Crippen molar-refractivity contribution in [1.82, 2.24) is 0 Å². The lowest BCUT2D eigenvalue weighted by molar-refractivity contribution is -0.137. The van der Waals surface area contributed by atoms with E-state index < -0.39 is 12.1 Å². The Hall–Kier alpha value is -0.570. The summed E-state index contributed by atoms with van der Waals surface area (Å²) in [5.74, 6) is -0.838. The summed E-state index contributed by atoms with van der Waals surface area (Å²) in [4.78, 5) is 10.00. The zero-order valence-electron chi connectivity index (χ0n) is 6.21. The van der Waals surface area contributed by atoms with E-state index in [9.17, 15) is 4.79 Å². The van der Waals surface area contributed by atoms with Crippen LogP contribution >= 0.6 is 0 Å². The maximum atomic E-state index is 10.00. The number of aliphatic hydroxyl groups is 1. The molecule has 10 heavy (non-hydrogen) atoms. The topological polar surface area (TPSA) is 57.5 Å². The normalized spacial score (nSPS) is 13.0. The molecule has 0 aromatic carbocycles. The minimum atomic E-state index is -0.838. The molecule has 0 amide bonds. The average molecular weight is 146 g/mol. The van der Waals surface area contributed by atoms with Crippen LogP contribution in [0.4, 0.5) is 0 Å². The smallest absolute Gasteiger partial charge is 0.303 e. The molecule has 0 bridgehead atoms.